The zero-order chi connectivity index (χ0) is 15.5. The van der Waals surface area contributed by atoms with Gasteiger partial charge < -0.3 is 4.42 Å². The molecule has 0 radical (unpaired) electrons. The molecule has 22 heavy (non-hydrogen) atoms. The fraction of sp³-hybridized carbons (Fsp3) is 0.125. The first kappa shape index (κ1) is 13.9. The van der Waals surface area contributed by atoms with Gasteiger partial charge in [0.25, 0.3) is 5.69 Å². The summed E-state index contributed by atoms with van der Waals surface area (Å²) in [6, 6.07) is 14.1. The SMILES string of the molecule is Cc1cccc(-c2nnc(Cc3ccc([N+](=O)[O-])cc3)o2)c1. The number of nitro benzene ring substituents is 1. The molecule has 0 amide bonds. The number of non-ortho nitro benzene ring substituents is 1. The van der Waals surface area contributed by atoms with E-state index >= 15 is 0 Å². The fourth-order valence-corrected chi connectivity index (χ4v) is 2.13. The molecule has 0 aliphatic carbocycles. The Morgan fingerprint density at radius 2 is 1.91 bits per heavy atom. The van der Waals surface area contributed by atoms with Crippen LogP contribution in [0, 0.1) is 17.0 Å². The summed E-state index contributed by atoms with van der Waals surface area (Å²) in [5, 5.41) is 18.7. The molecule has 0 N–H and O–H groups in total. The lowest BCUT2D eigenvalue weighted by Gasteiger charge is -1.97. The highest BCUT2D eigenvalue weighted by Gasteiger charge is 2.10. The van der Waals surface area contributed by atoms with Gasteiger partial charge in [-0.2, -0.15) is 0 Å². The standard InChI is InChI=1S/C16H13N3O3/c1-11-3-2-4-13(9-11)16-18-17-15(22-16)10-12-5-7-14(8-6-12)19(20)21/h2-9H,10H2,1H3. The van der Waals surface area contributed by atoms with Gasteiger partial charge in [-0.15, -0.1) is 10.2 Å². The van der Waals surface area contributed by atoms with E-state index in [1.807, 2.05) is 31.2 Å². The van der Waals surface area contributed by atoms with E-state index in [1.54, 1.807) is 12.1 Å². The molecule has 6 heteroatoms. The van der Waals surface area contributed by atoms with Crippen molar-refractivity contribution in [3.63, 3.8) is 0 Å². The Bertz CT molecular complexity index is 810. The number of aromatic nitrogens is 2. The maximum Gasteiger partial charge on any atom is 0.269 e. The molecule has 0 unspecified atom stereocenters. The lowest BCUT2D eigenvalue weighted by molar-refractivity contribution is -0.384. The van der Waals surface area contributed by atoms with E-state index in [1.165, 1.54) is 12.1 Å². The summed E-state index contributed by atoms with van der Waals surface area (Å²) in [6.07, 6.45) is 0.441. The summed E-state index contributed by atoms with van der Waals surface area (Å²) in [4.78, 5) is 10.2. The van der Waals surface area contributed by atoms with Gasteiger partial charge in [-0.3, -0.25) is 10.1 Å². The zero-order valence-corrected chi connectivity index (χ0v) is 11.9. The van der Waals surface area contributed by atoms with Crippen molar-refractivity contribution in [2.45, 2.75) is 13.3 Å². The van der Waals surface area contributed by atoms with Gasteiger partial charge >= 0.3 is 0 Å². The minimum absolute atomic E-state index is 0.0646. The average Bonchev–Trinajstić information content (AvgIpc) is 2.96. The number of nitrogens with zero attached hydrogens (tertiary/aromatic N) is 3. The topological polar surface area (TPSA) is 82.1 Å². The van der Waals surface area contributed by atoms with Gasteiger partial charge in [0.05, 0.1) is 11.3 Å². The van der Waals surface area contributed by atoms with E-state index < -0.39 is 4.92 Å². The molecule has 6 nitrogen and oxygen atoms in total. The molecule has 0 aliphatic heterocycles. The number of benzene rings is 2. The number of hydrogen-bond donors (Lipinski definition) is 0. The Morgan fingerprint density at radius 1 is 1.14 bits per heavy atom. The van der Waals surface area contributed by atoms with Crippen LogP contribution in [0.1, 0.15) is 17.0 Å². The van der Waals surface area contributed by atoms with Gasteiger partial charge in [0.15, 0.2) is 0 Å². The van der Waals surface area contributed by atoms with Crippen molar-refractivity contribution in [1.82, 2.24) is 10.2 Å². The average molecular weight is 295 g/mol. The molecular weight excluding hydrogens is 282 g/mol. The second-order valence-corrected chi connectivity index (χ2v) is 4.97. The van der Waals surface area contributed by atoms with Crippen LogP contribution in [0.15, 0.2) is 52.9 Å². The molecule has 3 aromatic rings. The molecule has 0 fully saturated rings. The summed E-state index contributed by atoms with van der Waals surface area (Å²) < 4.78 is 5.65. The van der Waals surface area contributed by atoms with Crippen LogP contribution in [0.3, 0.4) is 0 Å². The lowest BCUT2D eigenvalue weighted by Crippen LogP contribution is -1.91. The van der Waals surface area contributed by atoms with Crippen molar-refractivity contribution >= 4 is 5.69 Å². The number of rotatable bonds is 4. The van der Waals surface area contributed by atoms with E-state index in [4.69, 9.17) is 4.42 Å². The molecule has 110 valence electrons. The van der Waals surface area contributed by atoms with Crippen LogP contribution in [-0.4, -0.2) is 15.1 Å². The van der Waals surface area contributed by atoms with E-state index in [0.717, 1.165) is 16.7 Å². The lowest BCUT2D eigenvalue weighted by atomic mass is 10.1. The highest BCUT2D eigenvalue weighted by molar-refractivity contribution is 5.53. The minimum atomic E-state index is -0.424. The predicted octanol–water partition coefficient (Wildman–Crippen LogP) is 3.54. The van der Waals surface area contributed by atoms with Gasteiger partial charge in [0, 0.05) is 17.7 Å². The molecule has 0 atom stereocenters. The first-order valence-electron chi connectivity index (χ1n) is 6.74. The van der Waals surface area contributed by atoms with Crippen molar-refractivity contribution in [2.75, 3.05) is 0 Å². The second kappa shape index (κ2) is 5.77. The van der Waals surface area contributed by atoms with Crippen molar-refractivity contribution < 1.29 is 9.34 Å². The monoisotopic (exact) mass is 295 g/mol. The quantitative estimate of drug-likeness (QED) is 0.543. The van der Waals surface area contributed by atoms with Crippen molar-refractivity contribution in [2.24, 2.45) is 0 Å². The molecule has 1 heterocycles. The molecular formula is C16H13N3O3. The van der Waals surface area contributed by atoms with E-state index in [-0.39, 0.29) is 5.69 Å². The Morgan fingerprint density at radius 3 is 2.59 bits per heavy atom. The molecule has 0 aliphatic rings. The van der Waals surface area contributed by atoms with Crippen LogP contribution < -0.4 is 0 Å². The van der Waals surface area contributed by atoms with Gasteiger partial charge in [-0.05, 0) is 24.6 Å². The van der Waals surface area contributed by atoms with Gasteiger partial charge in [-0.25, -0.2) is 0 Å². The van der Waals surface area contributed by atoms with Gasteiger partial charge in [-0.1, -0.05) is 29.8 Å². The van der Waals surface area contributed by atoms with Crippen molar-refractivity contribution in [3.05, 3.63) is 75.7 Å². The predicted molar refractivity (Wildman–Crippen MR) is 80.4 cm³/mol. The van der Waals surface area contributed by atoms with E-state index in [0.29, 0.717) is 18.2 Å². The van der Waals surface area contributed by atoms with Gasteiger partial charge in [0.1, 0.15) is 0 Å². The first-order chi connectivity index (χ1) is 10.6. The number of hydrogen-bond acceptors (Lipinski definition) is 5. The molecule has 0 spiro atoms. The van der Waals surface area contributed by atoms with Crippen LogP contribution >= 0.6 is 0 Å². The Kier molecular flexibility index (Phi) is 3.65. The highest BCUT2D eigenvalue weighted by atomic mass is 16.6. The summed E-state index contributed by atoms with van der Waals surface area (Å²) in [5.74, 6) is 0.950. The molecule has 0 saturated carbocycles. The van der Waals surface area contributed by atoms with Gasteiger partial charge in [0.2, 0.25) is 11.8 Å². The molecule has 2 aromatic carbocycles. The number of nitro groups is 1. The third kappa shape index (κ3) is 3.01. The third-order valence-corrected chi connectivity index (χ3v) is 3.23. The van der Waals surface area contributed by atoms with Crippen LogP contribution in [0.5, 0.6) is 0 Å². The molecule has 3 rings (SSSR count). The minimum Gasteiger partial charge on any atom is -0.420 e. The maximum atomic E-state index is 10.6. The van der Waals surface area contributed by atoms with E-state index in [2.05, 4.69) is 10.2 Å². The Hall–Kier alpha value is -3.02. The smallest absolute Gasteiger partial charge is 0.269 e. The summed E-state index contributed by atoms with van der Waals surface area (Å²) in [7, 11) is 0. The fourth-order valence-electron chi connectivity index (χ4n) is 2.13. The summed E-state index contributed by atoms with van der Waals surface area (Å²) >= 11 is 0. The van der Waals surface area contributed by atoms with Crippen LogP contribution in [-0.2, 0) is 6.42 Å². The molecule has 1 aromatic heterocycles. The molecule has 0 bridgehead atoms. The van der Waals surface area contributed by atoms with Crippen molar-refractivity contribution in [3.8, 4) is 11.5 Å². The Labute approximate surface area is 126 Å². The largest absolute Gasteiger partial charge is 0.420 e. The summed E-state index contributed by atoms with van der Waals surface area (Å²) in [6.45, 7) is 2.00. The number of aryl methyl sites for hydroxylation is 1. The zero-order valence-electron chi connectivity index (χ0n) is 11.9. The first-order valence-corrected chi connectivity index (χ1v) is 6.74. The highest BCUT2D eigenvalue weighted by Crippen LogP contribution is 2.20. The summed E-state index contributed by atoms with van der Waals surface area (Å²) in [5.41, 5.74) is 2.94. The third-order valence-electron chi connectivity index (χ3n) is 3.23. The van der Waals surface area contributed by atoms with Crippen LogP contribution in [0.25, 0.3) is 11.5 Å². The Balaban J connectivity index is 1.78. The molecule has 0 saturated heterocycles. The maximum absolute atomic E-state index is 10.6. The van der Waals surface area contributed by atoms with Crippen LogP contribution in [0.2, 0.25) is 0 Å². The van der Waals surface area contributed by atoms with Crippen LogP contribution in [0.4, 0.5) is 5.69 Å². The van der Waals surface area contributed by atoms with Crippen molar-refractivity contribution in [1.29, 1.82) is 0 Å². The second-order valence-electron chi connectivity index (χ2n) is 4.97. The normalized spacial score (nSPS) is 10.6. The van der Waals surface area contributed by atoms with E-state index in [9.17, 15) is 10.1 Å².